The first kappa shape index (κ1) is 18.1. The molecule has 0 aliphatic carbocycles. The van der Waals surface area contributed by atoms with Crippen LogP contribution >= 0.6 is 0 Å². The van der Waals surface area contributed by atoms with Crippen LogP contribution in [0.5, 0.6) is 0 Å². The summed E-state index contributed by atoms with van der Waals surface area (Å²) in [5, 5.41) is 0. The van der Waals surface area contributed by atoms with Crippen LogP contribution in [0.3, 0.4) is 0 Å². The van der Waals surface area contributed by atoms with Crippen molar-refractivity contribution in [1.29, 1.82) is 0 Å². The van der Waals surface area contributed by atoms with E-state index in [2.05, 4.69) is 0 Å². The van der Waals surface area contributed by atoms with Gasteiger partial charge in [0.1, 0.15) is 12.3 Å². The van der Waals surface area contributed by atoms with E-state index >= 15 is 0 Å². The van der Waals surface area contributed by atoms with Crippen molar-refractivity contribution in [2.24, 2.45) is 0 Å². The van der Waals surface area contributed by atoms with Crippen LogP contribution in [-0.2, 0) is 10.1 Å². The molecule has 0 rings (SSSR count). The Labute approximate surface area is 109 Å². The molecule has 0 spiro atoms. The summed E-state index contributed by atoms with van der Waals surface area (Å²) in [4.78, 5) is 0. The fraction of sp³-hybridized carbons (Fsp3) is 1.00. The van der Waals surface area contributed by atoms with Crippen molar-refractivity contribution in [1.82, 2.24) is 0 Å². The van der Waals surface area contributed by atoms with E-state index in [9.17, 15) is 26.1 Å². The SMILES string of the molecule is O=S(=O)([O-])CC(F)C(F)CCCCF.[Na+]. The average molecular weight is 256 g/mol. The Bertz CT molecular complexity index is 248. The van der Waals surface area contributed by atoms with Crippen molar-refractivity contribution in [3.8, 4) is 0 Å². The van der Waals surface area contributed by atoms with Crippen LogP contribution < -0.4 is 29.6 Å². The van der Waals surface area contributed by atoms with Gasteiger partial charge in [0, 0.05) is 0 Å². The molecule has 0 saturated carbocycles. The van der Waals surface area contributed by atoms with Crippen molar-refractivity contribution < 1.29 is 55.7 Å². The fourth-order valence-corrected chi connectivity index (χ4v) is 1.51. The molecule has 3 nitrogen and oxygen atoms in total. The van der Waals surface area contributed by atoms with Crippen LogP contribution in [0.4, 0.5) is 13.2 Å². The van der Waals surface area contributed by atoms with E-state index in [1.807, 2.05) is 0 Å². The molecule has 0 aromatic heterocycles. The van der Waals surface area contributed by atoms with E-state index in [0.29, 0.717) is 0 Å². The van der Waals surface area contributed by atoms with Crippen molar-refractivity contribution in [3.05, 3.63) is 0 Å². The molecule has 0 fully saturated rings. The van der Waals surface area contributed by atoms with Crippen molar-refractivity contribution in [3.63, 3.8) is 0 Å². The van der Waals surface area contributed by atoms with Gasteiger partial charge in [0.25, 0.3) is 0 Å². The number of hydrogen-bond donors (Lipinski definition) is 0. The molecule has 0 heterocycles. The molecule has 0 aliphatic heterocycles. The third-order valence-electron chi connectivity index (χ3n) is 1.62. The van der Waals surface area contributed by atoms with Crippen molar-refractivity contribution in [2.75, 3.05) is 12.4 Å². The zero-order valence-corrected chi connectivity index (χ0v) is 11.3. The largest absolute Gasteiger partial charge is 1.00 e. The maximum Gasteiger partial charge on any atom is 1.00 e. The maximum atomic E-state index is 12.7. The summed E-state index contributed by atoms with van der Waals surface area (Å²) in [6, 6.07) is 0. The van der Waals surface area contributed by atoms with E-state index < -0.39 is 34.9 Å². The molecule has 0 saturated heterocycles. The summed E-state index contributed by atoms with van der Waals surface area (Å²) < 4.78 is 67.1. The molecular formula is C7H12F3NaO3S. The fourth-order valence-electron chi connectivity index (χ4n) is 0.914. The Morgan fingerprint density at radius 3 is 2.07 bits per heavy atom. The zero-order valence-electron chi connectivity index (χ0n) is 8.46. The van der Waals surface area contributed by atoms with Gasteiger partial charge in [-0.25, -0.2) is 17.2 Å². The second-order valence-corrected chi connectivity index (χ2v) is 4.39. The van der Waals surface area contributed by atoms with Crippen LogP contribution in [0.1, 0.15) is 19.3 Å². The minimum Gasteiger partial charge on any atom is -0.748 e. The van der Waals surface area contributed by atoms with Gasteiger partial charge in [-0.05, 0) is 19.3 Å². The Morgan fingerprint density at radius 2 is 1.67 bits per heavy atom. The molecule has 8 heteroatoms. The number of unbranched alkanes of at least 4 members (excludes halogenated alkanes) is 1. The number of hydrogen-bond acceptors (Lipinski definition) is 3. The predicted octanol–water partition coefficient (Wildman–Crippen LogP) is -1.65. The predicted molar refractivity (Wildman–Crippen MR) is 44.2 cm³/mol. The van der Waals surface area contributed by atoms with Gasteiger partial charge in [0.2, 0.25) is 0 Å². The van der Waals surface area contributed by atoms with Crippen molar-refractivity contribution in [2.45, 2.75) is 31.6 Å². The first-order chi connectivity index (χ1) is 6.37. The second kappa shape index (κ2) is 8.81. The van der Waals surface area contributed by atoms with E-state index in [1.165, 1.54) is 0 Å². The van der Waals surface area contributed by atoms with Gasteiger partial charge in [0.05, 0.1) is 22.5 Å². The Hall–Kier alpha value is 0.700. The molecule has 15 heavy (non-hydrogen) atoms. The first-order valence-corrected chi connectivity index (χ1v) is 5.72. The zero-order chi connectivity index (χ0) is 11.2. The smallest absolute Gasteiger partial charge is 0.748 e. The number of rotatable bonds is 7. The topological polar surface area (TPSA) is 57.2 Å². The van der Waals surface area contributed by atoms with Crippen LogP contribution in [-0.4, -0.2) is 37.7 Å². The minimum absolute atomic E-state index is 0. The summed E-state index contributed by atoms with van der Waals surface area (Å²) in [5.74, 6) is -1.36. The Kier molecular flexibility index (Phi) is 10.6. The molecule has 86 valence electrons. The molecule has 0 aromatic carbocycles. The average Bonchev–Trinajstić information content (AvgIpc) is 2.01. The van der Waals surface area contributed by atoms with E-state index in [-0.39, 0.29) is 48.8 Å². The van der Waals surface area contributed by atoms with Gasteiger partial charge >= 0.3 is 29.6 Å². The van der Waals surface area contributed by atoms with E-state index in [4.69, 9.17) is 0 Å². The van der Waals surface area contributed by atoms with E-state index in [0.717, 1.165) is 0 Å². The van der Waals surface area contributed by atoms with Crippen LogP contribution in [0, 0.1) is 0 Å². The summed E-state index contributed by atoms with van der Waals surface area (Å²) in [7, 11) is -4.74. The maximum absolute atomic E-state index is 12.7. The summed E-state index contributed by atoms with van der Waals surface area (Å²) in [5.41, 5.74) is 0. The Morgan fingerprint density at radius 1 is 1.13 bits per heavy atom. The molecule has 2 atom stereocenters. The van der Waals surface area contributed by atoms with Crippen LogP contribution in [0.25, 0.3) is 0 Å². The molecule has 0 radical (unpaired) electrons. The van der Waals surface area contributed by atoms with Crippen LogP contribution in [0.15, 0.2) is 0 Å². The standard InChI is InChI=1S/C7H13F3O3S.Na/c8-4-2-1-3-6(9)7(10)5-14(11,12)13;/h6-7H,1-5H2,(H,11,12,13);/q;+1/p-1. The van der Waals surface area contributed by atoms with Gasteiger partial charge in [-0.1, -0.05) is 0 Å². The van der Waals surface area contributed by atoms with Gasteiger partial charge in [-0.15, -0.1) is 0 Å². The minimum atomic E-state index is -4.74. The molecule has 0 bridgehead atoms. The molecule has 0 aliphatic rings. The summed E-state index contributed by atoms with van der Waals surface area (Å²) >= 11 is 0. The summed E-state index contributed by atoms with van der Waals surface area (Å²) in [6.45, 7) is -0.622. The van der Waals surface area contributed by atoms with Gasteiger partial charge in [0.15, 0.2) is 0 Å². The monoisotopic (exact) mass is 256 g/mol. The molecule has 0 amide bonds. The quantitative estimate of drug-likeness (QED) is 0.311. The number of alkyl halides is 3. The van der Waals surface area contributed by atoms with Crippen LogP contribution in [0.2, 0.25) is 0 Å². The van der Waals surface area contributed by atoms with Crippen molar-refractivity contribution >= 4 is 10.1 Å². The number of halogens is 3. The second-order valence-electron chi connectivity index (χ2n) is 2.94. The summed E-state index contributed by atoms with van der Waals surface area (Å²) in [6.07, 6.45) is -4.34. The van der Waals surface area contributed by atoms with Gasteiger partial charge in [-0.2, -0.15) is 0 Å². The van der Waals surface area contributed by atoms with Gasteiger partial charge < -0.3 is 4.55 Å². The molecule has 2 unspecified atom stereocenters. The molecule has 0 aromatic rings. The third kappa shape index (κ3) is 11.0. The normalized spacial score (nSPS) is 15.5. The molecular weight excluding hydrogens is 244 g/mol. The van der Waals surface area contributed by atoms with Gasteiger partial charge in [-0.3, -0.25) is 4.39 Å². The third-order valence-corrected chi connectivity index (χ3v) is 2.35. The van der Waals surface area contributed by atoms with E-state index in [1.54, 1.807) is 0 Å². The Balaban J connectivity index is 0. The first-order valence-electron chi connectivity index (χ1n) is 4.14. The molecule has 0 N–H and O–H groups in total.